The van der Waals surface area contributed by atoms with Crippen LogP contribution in [0.1, 0.15) is 12.5 Å². The van der Waals surface area contributed by atoms with E-state index < -0.39 is 17.6 Å². The summed E-state index contributed by atoms with van der Waals surface area (Å²) in [6, 6.07) is 8.69. The Bertz CT molecular complexity index is 332. The highest BCUT2D eigenvalue weighted by Crippen LogP contribution is 2.02. The molecule has 0 amide bonds. The van der Waals surface area contributed by atoms with Gasteiger partial charge >= 0.3 is 0 Å². The number of rotatable bonds is 4. The average molecular weight is 191 g/mol. The third-order valence-electron chi connectivity index (χ3n) is 1.98. The molecule has 74 valence electrons. The molecule has 0 spiro atoms. The highest BCUT2D eigenvalue weighted by Gasteiger charge is 2.17. The first-order valence-corrected chi connectivity index (χ1v) is 4.45. The molecule has 3 nitrogen and oxygen atoms in total. The van der Waals surface area contributed by atoms with Gasteiger partial charge in [-0.15, -0.1) is 0 Å². The van der Waals surface area contributed by atoms with Crippen molar-refractivity contribution in [2.75, 3.05) is 0 Å². The van der Waals surface area contributed by atoms with Crippen LogP contribution in [0, 0.1) is 0 Å². The highest BCUT2D eigenvalue weighted by molar-refractivity contribution is 6.38. The van der Waals surface area contributed by atoms with E-state index in [-0.39, 0.29) is 0 Å². The first-order chi connectivity index (χ1) is 6.61. The molecule has 0 aliphatic carbocycles. The van der Waals surface area contributed by atoms with Crippen molar-refractivity contribution < 1.29 is 9.59 Å². The Labute approximate surface area is 82.9 Å². The summed E-state index contributed by atoms with van der Waals surface area (Å²) in [6.45, 7) is 1.24. The number of hydrogen-bond donors (Lipinski definition) is 1. The molecule has 0 fully saturated rings. The number of benzene rings is 1. The lowest BCUT2D eigenvalue weighted by molar-refractivity contribution is -0.136. The lowest BCUT2D eigenvalue weighted by Gasteiger charge is -2.07. The van der Waals surface area contributed by atoms with Gasteiger partial charge in [-0.3, -0.25) is 9.59 Å². The molecule has 2 N–H and O–H groups in total. The van der Waals surface area contributed by atoms with Crippen LogP contribution in [0.3, 0.4) is 0 Å². The number of carbonyl (C=O) groups is 2. The molecule has 0 radical (unpaired) electrons. The second-order valence-electron chi connectivity index (χ2n) is 3.22. The summed E-state index contributed by atoms with van der Waals surface area (Å²) in [5, 5.41) is 0. The molecule has 0 unspecified atom stereocenters. The number of Topliss-reactive ketones (excluding diaryl/α,β-unsaturated/α-hetero) is 2. The normalized spacial score (nSPS) is 12.1. The minimum absolute atomic E-state index is 0.416. The molecule has 1 rings (SSSR count). The molecule has 1 aromatic carbocycles. The minimum Gasteiger partial charge on any atom is -0.321 e. The fraction of sp³-hybridized carbons (Fsp3) is 0.273. The number of carbonyl (C=O) groups excluding carboxylic acids is 2. The van der Waals surface area contributed by atoms with Crippen molar-refractivity contribution in [1.29, 1.82) is 0 Å². The zero-order valence-electron chi connectivity index (χ0n) is 8.07. The van der Waals surface area contributed by atoms with Crippen molar-refractivity contribution in [3.63, 3.8) is 0 Å². The molecule has 0 heterocycles. The molecule has 0 bridgehead atoms. The van der Waals surface area contributed by atoms with Gasteiger partial charge in [0.15, 0.2) is 5.78 Å². The van der Waals surface area contributed by atoms with Crippen molar-refractivity contribution in [1.82, 2.24) is 0 Å². The monoisotopic (exact) mass is 191 g/mol. The van der Waals surface area contributed by atoms with Crippen LogP contribution in [0.15, 0.2) is 30.3 Å². The van der Waals surface area contributed by atoms with Crippen molar-refractivity contribution >= 4 is 11.6 Å². The highest BCUT2D eigenvalue weighted by atomic mass is 16.2. The van der Waals surface area contributed by atoms with E-state index in [2.05, 4.69) is 0 Å². The topological polar surface area (TPSA) is 60.2 Å². The van der Waals surface area contributed by atoms with E-state index in [4.69, 9.17) is 5.73 Å². The molecule has 14 heavy (non-hydrogen) atoms. The Kier molecular flexibility index (Phi) is 3.54. The van der Waals surface area contributed by atoms with Crippen LogP contribution in [0.4, 0.5) is 0 Å². The van der Waals surface area contributed by atoms with Gasteiger partial charge in [-0.05, 0) is 12.0 Å². The Morgan fingerprint density at radius 2 is 1.86 bits per heavy atom. The van der Waals surface area contributed by atoms with Crippen LogP contribution in [0.2, 0.25) is 0 Å². The molecule has 1 atom stereocenters. The number of hydrogen-bond acceptors (Lipinski definition) is 3. The lowest BCUT2D eigenvalue weighted by atomic mass is 10.0. The Hall–Kier alpha value is -1.48. The van der Waals surface area contributed by atoms with Gasteiger partial charge < -0.3 is 5.73 Å². The molecule has 0 saturated heterocycles. The minimum atomic E-state index is -0.713. The quantitative estimate of drug-likeness (QED) is 0.713. The standard InChI is InChI=1S/C11H13NO2/c1-8(13)11(14)10(12)7-9-5-3-2-4-6-9/h2-6,10H,7,12H2,1H3/t10-/m0/s1. The number of nitrogens with two attached hydrogens (primary N) is 1. The molecular weight excluding hydrogens is 178 g/mol. The SMILES string of the molecule is CC(=O)C(=O)[C@@H](N)Cc1ccccc1. The fourth-order valence-corrected chi connectivity index (χ4v) is 1.22. The predicted molar refractivity (Wildman–Crippen MR) is 53.8 cm³/mol. The van der Waals surface area contributed by atoms with Crippen LogP contribution < -0.4 is 5.73 Å². The van der Waals surface area contributed by atoms with E-state index in [1.54, 1.807) is 0 Å². The summed E-state index contributed by atoms with van der Waals surface area (Å²) in [5.74, 6) is -0.984. The Morgan fingerprint density at radius 1 is 1.29 bits per heavy atom. The predicted octanol–water partition coefficient (Wildman–Crippen LogP) is 0.714. The van der Waals surface area contributed by atoms with Crippen LogP contribution in [-0.4, -0.2) is 17.6 Å². The van der Waals surface area contributed by atoms with Gasteiger partial charge in [-0.1, -0.05) is 30.3 Å². The van der Waals surface area contributed by atoms with Crippen LogP contribution in [0.5, 0.6) is 0 Å². The zero-order chi connectivity index (χ0) is 10.6. The summed E-state index contributed by atoms with van der Waals surface area (Å²) in [5.41, 5.74) is 6.55. The zero-order valence-corrected chi connectivity index (χ0v) is 8.07. The number of ketones is 2. The molecule has 0 aliphatic heterocycles. The van der Waals surface area contributed by atoms with Crippen molar-refractivity contribution in [3.05, 3.63) is 35.9 Å². The van der Waals surface area contributed by atoms with E-state index >= 15 is 0 Å². The second-order valence-corrected chi connectivity index (χ2v) is 3.22. The van der Waals surface area contributed by atoms with Gasteiger partial charge in [0, 0.05) is 6.92 Å². The van der Waals surface area contributed by atoms with Crippen LogP contribution in [-0.2, 0) is 16.0 Å². The van der Waals surface area contributed by atoms with E-state index in [9.17, 15) is 9.59 Å². The maximum atomic E-state index is 11.2. The van der Waals surface area contributed by atoms with Crippen molar-refractivity contribution in [2.24, 2.45) is 5.73 Å². The maximum absolute atomic E-state index is 11.2. The van der Waals surface area contributed by atoms with E-state index in [0.29, 0.717) is 6.42 Å². The van der Waals surface area contributed by atoms with Crippen LogP contribution >= 0.6 is 0 Å². The van der Waals surface area contributed by atoms with Gasteiger partial charge in [0.05, 0.1) is 6.04 Å². The first kappa shape index (κ1) is 10.6. The summed E-state index contributed by atoms with van der Waals surface area (Å²) >= 11 is 0. The third kappa shape index (κ3) is 2.78. The van der Waals surface area contributed by atoms with Gasteiger partial charge in [-0.25, -0.2) is 0 Å². The van der Waals surface area contributed by atoms with Gasteiger partial charge in [0.1, 0.15) is 0 Å². The summed E-state index contributed by atoms with van der Waals surface area (Å²) in [7, 11) is 0. The first-order valence-electron chi connectivity index (χ1n) is 4.45. The van der Waals surface area contributed by atoms with Gasteiger partial charge in [0.2, 0.25) is 5.78 Å². The third-order valence-corrected chi connectivity index (χ3v) is 1.98. The summed E-state index contributed by atoms with van der Waals surface area (Å²) < 4.78 is 0. The summed E-state index contributed by atoms with van der Waals surface area (Å²) in [4.78, 5) is 21.9. The second kappa shape index (κ2) is 4.67. The molecule has 0 aliphatic rings. The smallest absolute Gasteiger partial charge is 0.215 e. The van der Waals surface area contributed by atoms with Gasteiger partial charge in [-0.2, -0.15) is 0 Å². The van der Waals surface area contributed by atoms with E-state index in [1.807, 2.05) is 30.3 Å². The maximum Gasteiger partial charge on any atom is 0.215 e. The van der Waals surface area contributed by atoms with Gasteiger partial charge in [0.25, 0.3) is 0 Å². The van der Waals surface area contributed by atoms with Crippen molar-refractivity contribution in [3.8, 4) is 0 Å². The van der Waals surface area contributed by atoms with E-state index in [1.165, 1.54) is 6.92 Å². The Morgan fingerprint density at radius 3 is 2.36 bits per heavy atom. The summed E-state index contributed by atoms with van der Waals surface area (Å²) in [6.07, 6.45) is 0.416. The van der Waals surface area contributed by atoms with Crippen LogP contribution in [0.25, 0.3) is 0 Å². The molecular formula is C11H13NO2. The molecule has 3 heteroatoms. The van der Waals surface area contributed by atoms with Crippen molar-refractivity contribution in [2.45, 2.75) is 19.4 Å². The largest absolute Gasteiger partial charge is 0.321 e. The average Bonchev–Trinajstić information content (AvgIpc) is 2.18. The van der Waals surface area contributed by atoms with E-state index in [0.717, 1.165) is 5.56 Å². The molecule has 0 saturated carbocycles. The fourth-order valence-electron chi connectivity index (χ4n) is 1.22. The Balaban J connectivity index is 2.62. The molecule has 0 aromatic heterocycles. The lowest BCUT2D eigenvalue weighted by Crippen LogP contribution is -2.36. The molecule has 1 aromatic rings.